The first-order chi connectivity index (χ1) is 9.03. The average Bonchev–Trinajstić information content (AvgIpc) is 2.97. The van der Waals surface area contributed by atoms with Gasteiger partial charge >= 0.3 is 0 Å². The van der Waals surface area contributed by atoms with Gasteiger partial charge in [0.05, 0.1) is 4.90 Å². The van der Waals surface area contributed by atoms with Gasteiger partial charge < -0.3 is 10.3 Å². The minimum Gasteiger partial charge on any atom is -0.363 e. The molecule has 0 saturated carbocycles. The second-order valence-corrected chi connectivity index (χ2v) is 7.01. The number of nitrogens with one attached hydrogen (secondary N) is 3. The molecule has 3 N–H and O–H groups in total. The molecule has 104 valence electrons. The molecule has 0 bridgehead atoms. The number of aromatic nitrogens is 1. The van der Waals surface area contributed by atoms with Crippen molar-refractivity contribution < 1.29 is 8.42 Å². The van der Waals surface area contributed by atoms with E-state index in [1.807, 2.05) is 25.4 Å². The van der Waals surface area contributed by atoms with Crippen LogP contribution in [0.15, 0.2) is 28.6 Å². The van der Waals surface area contributed by atoms with Gasteiger partial charge in [0.25, 0.3) is 0 Å². The SMILES string of the molecule is CNCc1cc(S(=O)(=O)NCc2sccc2C)c[nH]1. The Kier molecular flexibility index (Phi) is 4.41. The minimum absolute atomic E-state index is 0.270. The predicted octanol–water partition coefficient (Wildman–Crippen LogP) is 1.58. The molecule has 0 fully saturated rings. The largest absolute Gasteiger partial charge is 0.363 e. The Balaban J connectivity index is 2.07. The Morgan fingerprint density at radius 1 is 1.37 bits per heavy atom. The van der Waals surface area contributed by atoms with Crippen molar-refractivity contribution in [3.05, 3.63) is 39.8 Å². The summed E-state index contributed by atoms with van der Waals surface area (Å²) in [5.74, 6) is 0. The zero-order chi connectivity index (χ0) is 13.9. The molecule has 0 aliphatic heterocycles. The summed E-state index contributed by atoms with van der Waals surface area (Å²) in [6.07, 6.45) is 1.51. The molecule has 0 spiro atoms. The first-order valence-electron chi connectivity index (χ1n) is 5.87. The van der Waals surface area contributed by atoms with Gasteiger partial charge in [0.1, 0.15) is 0 Å². The van der Waals surface area contributed by atoms with E-state index in [0.717, 1.165) is 16.1 Å². The van der Waals surface area contributed by atoms with Gasteiger partial charge in [-0.05, 0) is 37.0 Å². The van der Waals surface area contributed by atoms with E-state index in [4.69, 9.17) is 0 Å². The fourth-order valence-electron chi connectivity index (χ4n) is 1.70. The summed E-state index contributed by atoms with van der Waals surface area (Å²) in [4.78, 5) is 4.25. The molecule has 7 heteroatoms. The monoisotopic (exact) mass is 299 g/mol. The Labute approximate surface area is 117 Å². The van der Waals surface area contributed by atoms with Crippen LogP contribution in [0, 0.1) is 6.92 Å². The summed E-state index contributed by atoms with van der Waals surface area (Å²) in [5, 5.41) is 4.92. The molecule has 0 saturated heterocycles. The van der Waals surface area contributed by atoms with Crippen molar-refractivity contribution in [3.8, 4) is 0 Å². The lowest BCUT2D eigenvalue weighted by Crippen LogP contribution is -2.22. The molecule has 19 heavy (non-hydrogen) atoms. The Bertz CT molecular complexity index is 643. The van der Waals surface area contributed by atoms with E-state index in [9.17, 15) is 8.42 Å². The summed E-state index contributed by atoms with van der Waals surface area (Å²) in [6, 6.07) is 3.62. The van der Waals surface area contributed by atoms with Crippen LogP contribution in [0.3, 0.4) is 0 Å². The molecule has 0 atom stereocenters. The van der Waals surface area contributed by atoms with Crippen LogP contribution in [0.25, 0.3) is 0 Å². The van der Waals surface area contributed by atoms with E-state index in [2.05, 4.69) is 15.0 Å². The van der Waals surface area contributed by atoms with E-state index in [0.29, 0.717) is 13.1 Å². The standard InChI is InChI=1S/C12H17N3O2S2/c1-9-3-4-18-12(9)8-15-19(16,17)11-5-10(6-13-2)14-7-11/h3-5,7,13-15H,6,8H2,1-2H3. The van der Waals surface area contributed by atoms with Gasteiger partial charge in [-0.1, -0.05) is 0 Å². The highest BCUT2D eigenvalue weighted by Crippen LogP contribution is 2.17. The smallest absolute Gasteiger partial charge is 0.242 e. The van der Waals surface area contributed by atoms with Crippen LogP contribution < -0.4 is 10.0 Å². The number of H-pyrrole nitrogens is 1. The van der Waals surface area contributed by atoms with Crippen molar-refractivity contribution in [1.29, 1.82) is 0 Å². The molecule has 2 aromatic rings. The summed E-state index contributed by atoms with van der Waals surface area (Å²) in [7, 11) is -1.64. The maximum Gasteiger partial charge on any atom is 0.242 e. The summed E-state index contributed by atoms with van der Waals surface area (Å²) in [5.41, 5.74) is 1.95. The summed E-state index contributed by atoms with van der Waals surface area (Å²) in [6.45, 7) is 2.92. The van der Waals surface area contributed by atoms with E-state index >= 15 is 0 Å². The molecule has 0 aliphatic carbocycles. The van der Waals surface area contributed by atoms with Crippen LogP contribution in [-0.2, 0) is 23.1 Å². The lowest BCUT2D eigenvalue weighted by atomic mass is 10.3. The first-order valence-corrected chi connectivity index (χ1v) is 8.24. The third-order valence-electron chi connectivity index (χ3n) is 2.78. The van der Waals surface area contributed by atoms with Gasteiger partial charge in [0.2, 0.25) is 10.0 Å². The Morgan fingerprint density at radius 2 is 2.16 bits per heavy atom. The number of thiophene rings is 1. The maximum atomic E-state index is 12.1. The van der Waals surface area contributed by atoms with Gasteiger partial charge in [-0.15, -0.1) is 11.3 Å². The topological polar surface area (TPSA) is 74.0 Å². The highest BCUT2D eigenvalue weighted by Gasteiger charge is 2.16. The molecule has 2 heterocycles. The molecule has 0 aromatic carbocycles. The highest BCUT2D eigenvalue weighted by atomic mass is 32.2. The van der Waals surface area contributed by atoms with E-state index in [-0.39, 0.29) is 4.90 Å². The van der Waals surface area contributed by atoms with Crippen LogP contribution >= 0.6 is 11.3 Å². The van der Waals surface area contributed by atoms with Crippen molar-refractivity contribution in [2.75, 3.05) is 7.05 Å². The molecule has 2 rings (SSSR count). The molecule has 0 amide bonds. The molecule has 0 unspecified atom stereocenters. The molecule has 0 aliphatic rings. The van der Waals surface area contributed by atoms with Gasteiger partial charge in [0, 0.05) is 29.9 Å². The van der Waals surface area contributed by atoms with Crippen molar-refractivity contribution in [1.82, 2.24) is 15.0 Å². The quantitative estimate of drug-likeness (QED) is 0.758. The van der Waals surface area contributed by atoms with Crippen LogP contribution in [0.2, 0.25) is 0 Å². The van der Waals surface area contributed by atoms with Crippen molar-refractivity contribution in [2.24, 2.45) is 0 Å². The third kappa shape index (κ3) is 3.44. The van der Waals surface area contributed by atoms with Crippen LogP contribution in [0.5, 0.6) is 0 Å². The number of aryl methyl sites for hydroxylation is 1. The van der Waals surface area contributed by atoms with Gasteiger partial charge in [-0.3, -0.25) is 0 Å². The van der Waals surface area contributed by atoms with Crippen molar-refractivity contribution >= 4 is 21.4 Å². The van der Waals surface area contributed by atoms with Crippen molar-refractivity contribution in [3.63, 3.8) is 0 Å². The van der Waals surface area contributed by atoms with Gasteiger partial charge in [-0.2, -0.15) is 0 Å². The second-order valence-electron chi connectivity index (χ2n) is 4.24. The van der Waals surface area contributed by atoms with Gasteiger partial charge in [0.15, 0.2) is 0 Å². The van der Waals surface area contributed by atoms with Crippen LogP contribution in [0.4, 0.5) is 0 Å². The fourth-order valence-corrected chi connectivity index (χ4v) is 3.65. The lowest BCUT2D eigenvalue weighted by Gasteiger charge is -2.04. The van der Waals surface area contributed by atoms with E-state index in [1.54, 1.807) is 17.4 Å². The highest BCUT2D eigenvalue weighted by molar-refractivity contribution is 7.89. The van der Waals surface area contributed by atoms with Crippen LogP contribution in [0.1, 0.15) is 16.1 Å². The number of sulfonamides is 1. The number of hydrogen-bond donors (Lipinski definition) is 3. The average molecular weight is 299 g/mol. The second kappa shape index (κ2) is 5.87. The Morgan fingerprint density at radius 3 is 2.79 bits per heavy atom. The molecular weight excluding hydrogens is 282 g/mol. The van der Waals surface area contributed by atoms with E-state index < -0.39 is 10.0 Å². The summed E-state index contributed by atoms with van der Waals surface area (Å²) < 4.78 is 26.8. The third-order valence-corrected chi connectivity index (χ3v) is 5.19. The molecule has 2 aromatic heterocycles. The normalized spacial score (nSPS) is 11.9. The lowest BCUT2D eigenvalue weighted by molar-refractivity contribution is 0.582. The zero-order valence-electron chi connectivity index (χ0n) is 10.9. The summed E-state index contributed by atoms with van der Waals surface area (Å²) >= 11 is 1.55. The maximum absolute atomic E-state index is 12.1. The number of aromatic amines is 1. The fraction of sp³-hybridized carbons (Fsp3) is 0.333. The predicted molar refractivity (Wildman–Crippen MR) is 76.6 cm³/mol. The minimum atomic E-state index is -3.45. The molecule has 5 nitrogen and oxygen atoms in total. The number of hydrogen-bond acceptors (Lipinski definition) is 4. The number of rotatable bonds is 6. The van der Waals surface area contributed by atoms with Crippen molar-refractivity contribution in [2.45, 2.75) is 24.9 Å². The molecular formula is C12H17N3O2S2. The zero-order valence-corrected chi connectivity index (χ0v) is 12.5. The Hall–Kier alpha value is -1.15. The van der Waals surface area contributed by atoms with Crippen LogP contribution in [-0.4, -0.2) is 20.4 Å². The van der Waals surface area contributed by atoms with Gasteiger partial charge in [-0.25, -0.2) is 13.1 Å². The molecule has 0 radical (unpaired) electrons. The first kappa shape index (κ1) is 14.3. The van der Waals surface area contributed by atoms with E-state index in [1.165, 1.54) is 6.20 Å².